The Morgan fingerprint density at radius 2 is 1.50 bits per heavy atom. The summed E-state index contributed by atoms with van der Waals surface area (Å²) in [5.74, 6) is 0.0349. The molecule has 1 amide bonds. The number of hydrogen-bond acceptors (Lipinski definition) is 2. The number of carbonyl (C=O) groups is 1. The Hall–Kier alpha value is -1.77. The van der Waals surface area contributed by atoms with Crippen LogP contribution in [0, 0.1) is 0 Å². The van der Waals surface area contributed by atoms with Gasteiger partial charge in [-0.2, -0.15) is 0 Å². The summed E-state index contributed by atoms with van der Waals surface area (Å²) >= 11 is 0. The van der Waals surface area contributed by atoms with E-state index in [4.69, 9.17) is 0 Å². The number of piperazine rings is 1. The lowest BCUT2D eigenvalue weighted by atomic mass is 10.2. The van der Waals surface area contributed by atoms with Crippen molar-refractivity contribution in [2.75, 3.05) is 31.1 Å². The van der Waals surface area contributed by atoms with Crippen molar-refractivity contribution in [3.05, 3.63) is 43.0 Å². The van der Waals surface area contributed by atoms with Crippen molar-refractivity contribution < 1.29 is 4.79 Å². The predicted octanol–water partition coefficient (Wildman–Crippen LogP) is 3.57. The van der Waals surface area contributed by atoms with E-state index >= 15 is 0 Å². The lowest BCUT2D eigenvalue weighted by Crippen LogP contribution is -2.48. The third-order valence-electron chi connectivity index (χ3n) is 2.89. The molecule has 0 atom stereocenters. The summed E-state index contributed by atoms with van der Waals surface area (Å²) < 4.78 is 0. The molecule has 1 aliphatic heterocycles. The maximum atomic E-state index is 11.4. The first kappa shape index (κ1) is 18.2. The van der Waals surface area contributed by atoms with Crippen LogP contribution in [-0.4, -0.2) is 37.0 Å². The fraction of sp³-hybridized carbons (Fsp3) is 0.471. The van der Waals surface area contributed by atoms with Crippen molar-refractivity contribution in [2.24, 2.45) is 0 Å². The number of para-hydroxylation sites is 1. The minimum Gasteiger partial charge on any atom is -0.368 e. The Labute approximate surface area is 123 Å². The summed E-state index contributed by atoms with van der Waals surface area (Å²) in [5.41, 5.74) is 1.23. The molecule has 0 aliphatic carbocycles. The van der Waals surface area contributed by atoms with E-state index in [0.717, 1.165) is 26.2 Å². The van der Waals surface area contributed by atoms with Crippen LogP contribution in [0.2, 0.25) is 0 Å². The molecule has 1 heterocycles. The van der Waals surface area contributed by atoms with Crippen LogP contribution in [0.5, 0.6) is 0 Å². The summed E-state index contributed by atoms with van der Waals surface area (Å²) in [6.45, 7) is 14.8. The third kappa shape index (κ3) is 5.47. The first-order valence-corrected chi connectivity index (χ1v) is 7.52. The van der Waals surface area contributed by atoms with Crippen LogP contribution < -0.4 is 4.90 Å². The van der Waals surface area contributed by atoms with Gasteiger partial charge in [-0.25, -0.2) is 0 Å². The SMILES string of the molecule is C=CC(=O)N1CCN(c2ccccc2)CC1.CC.CC. The van der Waals surface area contributed by atoms with Crippen molar-refractivity contribution in [1.29, 1.82) is 0 Å². The molecule has 3 heteroatoms. The number of anilines is 1. The van der Waals surface area contributed by atoms with Gasteiger partial charge in [0.1, 0.15) is 0 Å². The first-order chi connectivity index (χ1) is 9.81. The molecule has 1 saturated heterocycles. The van der Waals surface area contributed by atoms with Crippen LogP contribution in [0.25, 0.3) is 0 Å². The van der Waals surface area contributed by atoms with Crippen molar-refractivity contribution in [3.63, 3.8) is 0 Å². The van der Waals surface area contributed by atoms with Crippen LogP contribution in [0.4, 0.5) is 5.69 Å². The second-order valence-electron chi connectivity index (χ2n) is 3.85. The van der Waals surface area contributed by atoms with E-state index < -0.39 is 0 Å². The second kappa shape index (κ2) is 11.1. The van der Waals surface area contributed by atoms with E-state index in [-0.39, 0.29) is 5.91 Å². The zero-order valence-electron chi connectivity index (χ0n) is 13.3. The van der Waals surface area contributed by atoms with Gasteiger partial charge in [0.25, 0.3) is 0 Å². The van der Waals surface area contributed by atoms with Crippen molar-refractivity contribution in [2.45, 2.75) is 27.7 Å². The Bertz CT molecular complexity index is 368. The smallest absolute Gasteiger partial charge is 0.246 e. The lowest BCUT2D eigenvalue weighted by molar-refractivity contribution is -0.126. The fourth-order valence-electron chi connectivity index (χ4n) is 1.95. The van der Waals surface area contributed by atoms with Crippen molar-refractivity contribution >= 4 is 11.6 Å². The molecule has 0 spiro atoms. The van der Waals surface area contributed by atoms with Crippen LogP contribution in [0.3, 0.4) is 0 Å². The largest absolute Gasteiger partial charge is 0.368 e. The minimum atomic E-state index is 0.0349. The molecule has 3 nitrogen and oxygen atoms in total. The van der Waals surface area contributed by atoms with Gasteiger partial charge in [0.2, 0.25) is 5.91 Å². The van der Waals surface area contributed by atoms with Gasteiger partial charge in [0.05, 0.1) is 0 Å². The molecule has 0 radical (unpaired) electrons. The van der Waals surface area contributed by atoms with E-state index in [1.807, 2.05) is 50.8 Å². The average molecular weight is 276 g/mol. The number of nitrogens with zero attached hydrogens (tertiary/aromatic N) is 2. The quantitative estimate of drug-likeness (QED) is 0.771. The average Bonchev–Trinajstić information content (AvgIpc) is 2.59. The molecule has 1 fully saturated rings. The highest BCUT2D eigenvalue weighted by atomic mass is 16.2. The van der Waals surface area contributed by atoms with Gasteiger partial charge in [0.15, 0.2) is 0 Å². The summed E-state index contributed by atoms with van der Waals surface area (Å²) in [5, 5.41) is 0. The second-order valence-corrected chi connectivity index (χ2v) is 3.85. The molecule has 0 aromatic heterocycles. The standard InChI is InChI=1S/C13H16N2O.2C2H6/c1-2-13(16)15-10-8-14(9-11-15)12-6-4-3-5-7-12;2*1-2/h2-7H,1,8-11H2;2*1-2H3. The topological polar surface area (TPSA) is 23.6 Å². The van der Waals surface area contributed by atoms with Gasteiger partial charge in [-0.15, -0.1) is 0 Å². The normalized spacial score (nSPS) is 13.4. The Kier molecular flexibility index (Phi) is 10.1. The zero-order valence-corrected chi connectivity index (χ0v) is 13.3. The van der Waals surface area contributed by atoms with Gasteiger partial charge in [0, 0.05) is 31.9 Å². The van der Waals surface area contributed by atoms with Crippen LogP contribution in [0.15, 0.2) is 43.0 Å². The van der Waals surface area contributed by atoms with Crippen LogP contribution in [0.1, 0.15) is 27.7 Å². The highest BCUT2D eigenvalue weighted by molar-refractivity contribution is 5.87. The monoisotopic (exact) mass is 276 g/mol. The molecule has 1 aliphatic rings. The summed E-state index contributed by atoms with van der Waals surface area (Å²) in [7, 11) is 0. The van der Waals surface area contributed by atoms with Gasteiger partial charge in [-0.1, -0.05) is 52.5 Å². The third-order valence-corrected chi connectivity index (χ3v) is 2.89. The molecule has 0 bridgehead atoms. The van der Waals surface area contributed by atoms with Gasteiger partial charge in [-0.3, -0.25) is 4.79 Å². The van der Waals surface area contributed by atoms with E-state index in [2.05, 4.69) is 23.6 Å². The summed E-state index contributed by atoms with van der Waals surface area (Å²) in [6.07, 6.45) is 1.39. The van der Waals surface area contributed by atoms with Crippen molar-refractivity contribution in [3.8, 4) is 0 Å². The minimum absolute atomic E-state index is 0.0349. The maximum absolute atomic E-state index is 11.4. The van der Waals surface area contributed by atoms with Crippen LogP contribution >= 0.6 is 0 Å². The molecule has 0 N–H and O–H groups in total. The molecule has 1 aromatic rings. The van der Waals surface area contributed by atoms with Gasteiger partial charge < -0.3 is 9.80 Å². The number of amides is 1. The molecule has 112 valence electrons. The molecule has 0 saturated carbocycles. The van der Waals surface area contributed by atoms with Gasteiger partial charge in [-0.05, 0) is 18.2 Å². The summed E-state index contributed by atoms with van der Waals surface area (Å²) in [4.78, 5) is 15.5. The Balaban J connectivity index is 0.000000829. The van der Waals surface area contributed by atoms with E-state index in [0.29, 0.717) is 0 Å². The Morgan fingerprint density at radius 1 is 1.00 bits per heavy atom. The molecule has 1 aromatic carbocycles. The molecular formula is C17H28N2O. The first-order valence-electron chi connectivity index (χ1n) is 7.52. The highest BCUT2D eigenvalue weighted by Gasteiger charge is 2.18. The number of rotatable bonds is 2. The number of carbonyl (C=O) groups excluding carboxylic acids is 1. The summed E-state index contributed by atoms with van der Waals surface area (Å²) in [6, 6.07) is 10.3. The molecule has 0 unspecified atom stereocenters. The van der Waals surface area contributed by atoms with Crippen LogP contribution in [-0.2, 0) is 4.79 Å². The molecular weight excluding hydrogens is 248 g/mol. The maximum Gasteiger partial charge on any atom is 0.246 e. The van der Waals surface area contributed by atoms with Crippen molar-refractivity contribution in [1.82, 2.24) is 4.90 Å². The lowest BCUT2D eigenvalue weighted by Gasteiger charge is -2.35. The van der Waals surface area contributed by atoms with E-state index in [1.54, 1.807) is 0 Å². The highest BCUT2D eigenvalue weighted by Crippen LogP contribution is 2.15. The molecule has 20 heavy (non-hydrogen) atoms. The number of hydrogen-bond donors (Lipinski definition) is 0. The van der Waals surface area contributed by atoms with E-state index in [1.165, 1.54) is 11.8 Å². The Morgan fingerprint density at radius 3 is 1.95 bits per heavy atom. The number of benzene rings is 1. The zero-order chi connectivity index (χ0) is 15.4. The fourth-order valence-corrected chi connectivity index (χ4v) is 1.95. The molecule has 2 rings (SSSR count). The predicted molar refractivity (Wildman–Crippen MR) is 88.1 cm³/mol. The van der Waals surface area contributed by atoms with Gasteiger partial charge >= 0.3 is 0 Å². The van der Waals surface area contributed by atoms with E-state index in [9.17, 15) is 4.79 Å².